The van der Waals surface area contributed by atoms with Gasteiger partial charge in [-0.05, 0) is 45.0 Å². The minimum absolute atomic E-state index is 0.0304. The molecular formula is C15H23NO2S. The van der Waals surface area contributed by atoms with E-state index in [0.717, 1.165) is 10.6 Å². The summed E-state index contributed by atoms with van der Waals surface area (Å²) in [5.41, 5.74) is 0.307. The van der Waals surface area contributed by atoms with Gasteiger partial charge in [-0.1, -0.05) is 20.8 Å². The van der Waals surface area contributed by atoms with Gasteiger partial charge in [-0.25, -0.2) is 0 Å². The van der Waals surface area contributed by atoms with Gasteiger partial charge < -0.3 is 5.32 Å². The Balaban J connectivity index is 2.84. The third kappa shape index (κ3) is 4.46. The first kappa shape index (κ1) is 15.9. The maximum Gasteiger partial charge on any atom is 0.229 e. The summed E-state index contributed by atoms with van der Waals surface area (Å²) in [6, 6.07) is 7.20. The molecule has 0 saturated heterocycles. The first-order valence-electron chi connectivity index (χ1n) is 6.35. The highest BCUT2D eigenvalue weighted by atomic mass is 32.2. The van der Waals surface area contributed by atoms with Gasteiger partial charge in [0.15, 0.2) is 0 Å². The molecule has 0 heterocycles. The summed E-state index contributed by atoms with van der Waals surface area (Å²) in [6.45, 7) is 11.4. The highest BCUT2D eigenvalue weighted by Gasteiger charge is 2.22. The van der Waals surface area contributed by atoms with Crippen molar-refractivity contribution >= 4 is 22.4 Å². The van der Waals surface area contributed by atoms with E-state index in [-0.39, 0.29) is 10.7 Å². The molecule has 106 valence electrons. The third-order valence-corrected chi connectivity index (χ3v) is 4.38. The van der Waals surface area contributed by atoms with Crippen LogP contribution in [-0.2, 0) is 15.6 Å². The van der Waals surface area contributed by atoms with Gasteiger partial charge >= 0.3 is 0 Å². The molecule has 3 nitrogen and oxygen atoms in total. The number of carbonyl (C=O) groups is 1. The Kier molecular flexibility index (Phi) is 4.56. The fourth-order valence-electron chi connectivity index (χ4n) is 1.33. The lowest BCUT2D eigenvalue weighted by molar-refractivity contribution is -0.123. The molecule has 1 aromatic rings. The molecule has 4 heteroatoms. The summed E-state index contributed by atoms with van der Waals surface area (Å²) in [5.74, 6) is -0.0304. The molecule has 0 aromatic heterocycles. The number of carbonyl (C=O) groups excluding carboxylic acids is 1. The van der Waals surface area contributed by atoms with E-state index in [4.69, 9.17) is 0 Å². The summed E-state index contributed by atoms with van der Waals surface area (Å²) in [6.07, 6.45) is 0. The SMILES string of the molecule is CC(C)(C)C(=O)Nc1ccc(S(=O)C(C)(C)C)cc1. The van der Waals surface area contributed by atoms with Crippen molar-refractivity contribution in [2.75, 3.05) is 5.32 Å². The maximum absolute atomic E-state index is 12.2. The van der Waals surface area contributed by atoms with Crippen LogP contribution in [0.25, 0.3) is 0 Å². The Hall–Kier alpha value is -1.16. The molecule has 1 atom stereocenters. The third-order valence-electron chi connectivity index (χ3n) is 2.56. The Morgan fingerprint density at radius 2 is 1.47 bits per heavy atom. The quantitative estimate of drug-likeness (QED) is 0.900. The van der Waals surface area contributed by atoms with Crippen molar-refractivity contribution in [2.24, 2.45) is 5.41 Å². The second kappa shape index (κ2) is 5.45. The molecule has 0 bridgehead atoms. The van der Waals surface area contributed by atoms with Crippen molar-refractivity contribution in [3.8, 4) is 0 Å². The number of amides is 1. The molecule has 0 radical (unpaired) electrons. The number of anilines is 1. The Morgan fingerprint density at radius 1 is 1.00 bits per heavy atom. The Labute approximate surface area is 118 Å². The molecule has 1 N–H and O–H groups in total. The standard InChI is InChI=1S/C15H23NO2S/c1-14(2,3)13(17)16-11-7-9-12(10-8-11)19(18)15(4,5)6/h7-10H,1-6H3,(H,16,17). The lowest BCUT2D eigenvalue weighted by Gasteiger charge is -2.19. The van der Waals surface area contributed by atoms with Crippen molar-refractivity contribution < 1.29 is 9.00 Å². The van der Waals surface area contributed by atoms with Crippen LogP contribution in [0.5, 0.6) is 0 Å². The van der Waals surface area contributed by atoms with E-state index >= 15 is 0 Å². The fourth-order valence-corrected chi connectivity index (χ4v) is 2.42. The summed E-state index contributed by atoms with van der Waals surface area (Å²) in [4.78, 5) is 12.6. The fraction of sp³-hybridized carbons (Fsp3) is 0.533. The van der Waals surface area contributed by atoms with E-state index in [1.165, 1.54) is 0 Å². The first-order valence-corrected chi connectivity index (χ1v) is 7.50. The maximum atomic E-state index is 12.2. The molecule has 0 aliphatic heterocycles. The average Bonchev–Trinajstić information content (AvgIpc) is 2.26. The molecular weight excluding hydrogens is 258 g/mol. The molecule has 1 amide bonds. The van der Waals surface area contributed by atoms with Gasteiger partial charge in [-0.3, -0.25) is 9.00 Å². The van der Waals surface area contributed by atoms with Gasteiger partial charge in [0.2, 0.25) is 5.91 Å². The number of nitrogens with one attached hydrogen (secondary N) is 1. The van der Waals surface area contributed by atoms with E-state index in [0.29, 0.717) is 0 Å². The zero-order chi connectivity index (χ0) is 14.8. The summed E-state index contributed by atoms with van der Waals surface area (Å²) >= 11 is 0. The van der Waals surface area contributed by atoms with Gasteiger partial charge in [0.1, 0.15) is 0 Å². The predicted molar refractivity (Wildman–Crippen MR) is 80.7 cm³/mol. The zero-order valence-electron chi connectivity index (χ0n) is 12.5. The summed E-state index contributed by atoms with van der Waals surface area (Å²) in [5, 5.41) is 2.85. The molecule has 0 saturated carbocycles. The largest absolute Gasteiger partial charge is 0.326 e. The summed E-state index contributed by atoms with van der Waals surface area (Å²) in [7, 11) is -1.05. The smallest absolute Gasteiger partial charge is 0.229 e. The van der Waals surface area contributed by atoms with E-state index < -0.39 is 16.2 Å². The zero-order valence-corrected chi connectivity index (χ0v) is 13.4. The van der Waals surface area contributed by atoms with Crippen molar-refractivity contribution in [1.29, 1.82) is 0 Å². The lowest BCUT2D eigenvalue weighted by Crippen LogP contribution is -2.27. The number of benzene rings is 1. The van der Waals surface area contributed by atoms with Crippen LogP contribution in [0, 0.1) is 5.41 Å². The van der Waals surface area contributed by atoms with Gasteiger partial charge in [0, 0.05) is 20.7 Å². The molecule has 1 aromatic carbocycles. The molecule has 0 aliphatic carbocycles. The van der Waals surface area contributed by atoms with E-state index in [1.54, 1.807) is 24.3 Å². The minimum Gasteiger partial charge on any atom is -0.326 e. The second-order valence-corrected chi connectivity index (χ2v) is 8.84. The molecule has 0 spiro atoms. The van der Waals surface area contributed by atoms with Crippen molar-refractivity contribution in [3.63, 3.8) is 0 Å². The number of rotatable bonds is 2. The number of hydrogen-bond acceptors (Lipinski definition) is 2. The van der Waals surface area contributed by atoms with Crippen molar-refractivity contribution in [1.82, 2.24) is 0 Å². The molecule has 0 aliphatic rings. The Morgan fingerprint density at radius 3 is 1.84 bits per heavy atom. The van der Waals surface area contributed by atoms with Gasteiger partial charge in [0.25, 0.3) is 0 Å². The summed E-state index contributed by atoms with van der Waals surface area (Å²) < 4.78 is 11.9. The van der Waals surface area contributed by atoms with Crippen LogP contribution < -0.4 is 5.32 Å². The van der Waals surface area contributed by atoms with Crippen molar-refractivity contribution in [2.45, 2.75) is 51.2 Å². The highest BCUT2D eigenvalue weighted by Crippen LogP contribution is 2.23. The van der Waals surface area contributed by atoms with E-state index in [9.17, 15) is 9.00 Å². The molecule has 1 unspecified atom stereocenters. The van der Waals surface area contributed by atoms with Crippen LogP contribution in [-0.4, -0.2) is 14.9 Å². The molecule has 0 fully saturated rings. The molecule has 19 heavy (non-hydrogen) atoms. The van der Waals surface area contributed by atoms with E-state index in [1.807, 2.05) is 41.5 Å². The monoisotopic (exact) mass is 281 g/mol. The van der Waals surface area contributed by atoms with Gasteiger partial charge in [0.05, 0.1) is 10.8 Å². The van der Waals surface area contributed by atoms with E-state index in [2.05, 4.69) is 5.32 Å². The normalized spacial score (nSPS) is 14.0. The number of hydrogen-bond donors (Lipinski definition) is 1. The highest BCUT2D eigenvalue weighted by molar-refractivity contribution is 7.86. The lowest BCUT2D eigenvalue weighted by atomic mass is 9.95. The average molecular weight is 281 g/mol. The van der Waals surface area contributed by atoms with Crippen LogP contribution in [0.3, 0.4) is 0 Å². The first-order chi connectivity index (χ1) is 8.51. The van der Waals surface area contributed by atoms with Crippen LogP contribution >= 0.6 is 0 Å². The molecule has 1 rings (SSSR count). The van der Waals surface area contributed by atoms with Gasteiger partial charge in [-0.2, -0.15) is 0 Å². The van der Waals surface area contributed by atoms with Crippen LogP contribution in [0.4, 0.5) is 5.69 Å². The van der Waals surface area contributed by atoms with Crippen LogP contribution in [0.2, 0.25) is 0 Å². The topological polar surface area (TPSA) is 46.2 Å². The second-order valence-electron chi connectivity index (χ2n) is 6.61. The minimum atomic E-state index is -1.05. The predicted octanol–water partition coefficient (Wildman–Crippen LogP) is 3.58. The van der Waals surface area contributed by atoms with Crippen LogP contribution in [0.1, 0.15) is 41.5 Å². The van der Waals surface area contributed by atoms with Gasteiger partial charge in [-0.15, -0.1) is 0 Å². The Bertz CT molecular complexity index is 478. The van der Waals surface area contributed by atoms with Crippen LogP contribution in [0.15, 0.2) is 29.2 Å². The van der Waals surface area contributed by atoms with Crippen molar-refractivity contribution in [3.05, 3.63) is 24.3 Å².